The number of hydrogen-bond donors (Lipinski definition) is 1. The molecule has 0 aliphatic rings. The summed E-state index contributed by atoms with van der Waals surface area (Å²) in [7, 11) is 1.61. The lowest BCUT2D eigenvalue weighted by atomic mass is 10.1. The Bertz CT molecular complexity index is 1110. The molecule has 3 aromatic rings. The molecule has 0 bridgehead atoms. The number of nitrogens with zero attached hydrogens (tertiary/aromatic N) is 1. The van der Waals surface area contributed by atoms with Crippen LogP contribution in [-0.2, 0) is 16.1 Å². The van der Waals surface area contributed by atoms with Crippen molar-refractivity contribution in [3.63, 3.8) is 0 Å². The van der Waals surface area contributed by atoms with Crippen LogP contribution in [0.4, 0.5) is 0 Å². The average Bonchev–Trinajstić information content (AvgIpc) is 2.81. The number of carbonyl (C=O) groups is 2. The minimum absolute atomic E-state index is 0.163. The van der Waals surface area contributed by atoms with Gasteiger partial charge in [0.2, 0.25) is 5.91 Å². The summed E-state index contributed by atoms with van der Waals surface area (Å²) in [6.45, 7) is 7.82. The summed E-state index contributed by atoms with van der Waals surface area (Å²) in [5.41, 5.74) is 0.500. The Hall–Kier alpha value is -3.54. The van der Waals surface area contributed by atoms with Crippen LogP contribution in [0, 0.1) is 0 Å². The summed E-state index contributed by atoms with van der Waals surface area (Å²) < 4.78 is 11.2. The van der Waals surface area contributed by atoms with Gasteiger partial charge in [-0.3, -0.25) is 9.59 Å². The molecule has 1 atom stereocenters. The molecule has 34 heavy (non-hydrogen) atoms. The second-order valence-electron chi connectivity index (χ2n) is 9.30. The molecule has 0 saturated heterocycles. The quantitative estimate of drug-likeness (QED) is 0.489. The third kappa shape index (κ3) is 6.50. The normalized spacial score (nSPS) is 12.1. The zero-order valence-electron chi connectivity index (χ0n) is 20.6. The van der Waals surface area contributed by atoms with E-state index in [0.717, 1.165) is 22.1 Å². The van der Waals surface area contributed by atoms with E-state index in [1.165, 1.54) is 0 Å². The summed E-state index contributed by atoms with van der Waals surface area (Å²) in [6.07, 6.45) is 0.484. The molecule has 3 rings (SSSR count). The maximum Gasteiger partial charge on any atom is 0.261 e. The van der Waals surface area contributed by atoms with Crippen molar-refractivity contribution >= 4 is 22.6 Å². The first-order valence-corrected chi connectivity index (χ1v) is 11.6. The van der Waals surface area contributed by atoms with Gasteiger partial charge in [0.05, 0.1) is 7.11 Å². The van der Waals surface area contributed by atoms with Gasteiger partial charge in [-0.2, -0.15) is 0 Å². The summed E-state index contributed by atoms with van der Waals surface area (Å²) in [5.74, 6) is 0.947. The van der Waals surface area contributed by atoms with Gasteiger partial charge in [0.25, 0.3) is 5.91 Å². The van der Waals surface area contributed by atoms with Gasteiger partial charge < -0.3 is 19.7 Å². The van der Waals surface area contributed by atoms with Crippen molar-refractivity contribution < 1.29 is 19.1 Å². The van der Waals surface area contributed by atoms with Gasteiger partial charge in [0.1, 0.15) is 17.5 Å². The number of methoxy groups -OCH3 is 1. The molecule has 0 saturated carbocycles. The first kappa shape index (κ1) is 25.1. The predicted molar refractivity (Wildman–Crippen MR) is 135 cm³/mol. The molecule has 6 nitrogen and oxygen atoms in total. The second kappa shape index (κ2) is 11.1. The smallest absolute Gasteiger partial charge is 0.261 e. The van der Waals surface area contributed by atoms with E-state index in [2.05, 4.69) is 5.32 Å². The van der Waals surface area contributed by atoms with Crippen LogP contribution in [0.3, 0.4) is 0 Å². The van der Waals surface area contributed by atoms with Gasteiger partial charge >= 0.3 is 0 Å². The monoisotopic (exact) mass is 462 g/mol. The maximum absolute atomic E-state index is 13.4. The van der Waals surface area contributed by atoms with E-state index in [9.17, 15) is 9.59 Å². The molecule has 3 aromatic carbocycles. The largest absolute Gasteiger partial charge is 0.497 e. The molecule has 0 radical (unpaired) electrons. The molecule has 0 aromatic heterocycles. The fraction of sp³-hybridized carbons (Fsp3) is 0.357. The molecule has 180 valence electrons. The number of nitrogens with one attached hydrogen (secondary N) is 1. The Balaban J connectivity index is 1.84. The molecule has 0 heterocycles. The van der Waals surface area contributed by atoms with Gasteiger partial charge in [0, 0.05) is 17.5 Å². The Morgan fingerprint density at radius 2 is 1.65 bits per heavy atom. The molecule has 0 aliphatic heterocycles. The topological polar surface area (TPSA) is 67.9 Å². The lowest BCUT2D eigenvalue weighted by Gasteiger charge is -2.33. The number of hydrogen-bond acceptors (Lipinski definition) is 4. The molecule has 0 fully saturated rings. The standard InChI is InChI=1S/C28H34N2O4/c1-6-24(27(32)29-28(2,3)4)30(18-20-14-16-22(33-5)17-15-20)26(31)19-34-25-13-9-11-21-10-7-8-12-23(21)25/h7-17,24H,6,18-19H2,1-5H3,(H,29,32)/t24-/m1/s1. The zero-order chi connectivity index (χ0) is 24.7. The van der Waals surface area contributed by atoms with Crippen molar-refractivity contribution in [1.29, 1.82) is 0 Å². The van der Waals surface area contributed by atoms with E-state index in [0.29, 0.717) is 12.2 Å². The van der Waals surface area contributed by atoms with Crippen LogP contribution in [0.25, 0.3) is 10.8 Å². The van der Waals surface area contributed by atoms with Crippen molar-refractivity contribution in [3.05, 3.63) is 72.3 Å². The van der Waals surface area contributed by atoms with Gasteiger partial charge in [-0.25, -0.2) is 0 Å². The minimum Gasteiger partial charge on any atom is -0.497 e. The number of rotatable bonds is 9. The fourth-order valence-corrected chi connectivity index (χ4v) is 3.84. The van der Waals surface area contributed by atoms with Crippen LogP contribution in [0.5, 0.6) is 11.5 Å². The van der Waals surface area contributed by atoms with Crippen molar-refractivity contribution in [1.82, 2.24) is 10.2 Å². The van der Waals surface area contributed by atoms with Crippen molar-refractivity contribution in [2.75, 3.05) is 13.7 Å². The van der Waals surface area contributed by atoms with Crippen molar-refractivity contribution in [2.24, 2.45) is 0 Å². The number of carbonyl (C=O) groups excluding carboxylic acids is 2. The zero-order valence-corrected chi connectivity index (χ0v) is 20.6. The van der Waals surface area contributed by atoms with Gasteiger partial charge in [-0.15, -0.1) is 0 Å². The molecule has 0 unspecified atom stereocenters. The van der Waals surface area contributed by atoms with Crippen molar-refractivity contribution in [2.45, 2.75) is 52.2 Å². The van der Waals surface area contributed by atoms with Crippen LogP contribution in [0.1, 0.15) is 39.7 Å². The molecule has 1 N–H and O–H groups in total. The first-order chi connectivity index (χ1) is 16.2. The highest BCUT2D eigenvalue weighted by molar-refractivity contribution is 5.90. The van der Waals surface area contributed by atoms with Gasteiger partial charge in [-0.1, -0.05) is 55.5 Å². The molecule has 0 spiro atoms. The third-order valence-electron chi connectivity index (χ3n) is 5.50. The third-order valence-corrected chi connectivity index (χ3v) is 5.50. The Morgan fingerprint density at radius 1 is 0.971 bits per heavy atom. The van der Waals surface area contributed by atoms with Gasteiger partial charge in [0.15, 0.2) is 6.61 Å². The summed E-state index contributed by atoms with van der Waals surface area (Å²) in [4.78, 5) is 28.2. The number of ether oxygens (including phenoxy) is 2. The highest BCUT2D eigenvalue weighted by Crippen LogP contribution is 2.25. The Kier molecular flexibility index (Phi) is 8.16. The first-order valence-electron chi connectivity index (χ1n) is 11.6. The minimum atomic E-state index is -0.620. The van der Waals surface area contributed by atoms with Crippen LogP contribution >= 0.6 is 0 Å². The number of fused-ring (bicyclic) bond motifs is 1. The van der Waals surface area contributed by atoms with E-state index >= 15 is 0 Å². The average molecular weight is 463 g/mol. The molecule has 0 aliphatic carbocycles. The second-order valence-corrected chi connectivity index (χ2v) is 9.30. The van der Waals surface area contributed by atoms with E-state index in [1.807, 2.05) is 94.4 Å². The summed E-state index contributed by atoms with van der Waals surface area (Å²) in [5, 5.41) is 5.00. The predicted octanol–water partition coefficient (Wildman–Crippen LogP) is 4.95. The van der Waals surface area contributed by atoms with Crippen LogP contribution in [-0.4, -0.2) is 42.0 Å². The van der Waals surface area contributed by atoms with E-state index in [1.54, 1.807) is 12.0 Å². The molecular weight excluding hydrogens is 428 g/mol. The van der Waals surface area contributed by atoms with Gasteiger partial charge in [-0.05, 0) is 56.3 Å². The molecule has 2 amide bonds. The highest BCUT2D eigenvalue weighted by Gasteiger charge is 2.31. The maximum atomic E-state index is 13.4. The van der Waals surface area contributed by atoms with E-state index in [4.69, 9.17) is 9.47 Å². The Morgan fingerprint density at radius 3 is 2.29 bits per heavy atom. The Labute approximate surface area is 201 Å². The number of amides is 2. The SMILES string of the molecule is CC[C@H](C(=O)NC(C)(C)C)N(Cc1ccc(OC)cc1)C(=O)COc1cccc2ccccc12. The van der Waals surface area contributed by atoms with E-state index in [-0.39, 0.29) is 25.0 Å². The summed E-state index contributed by atoms with van der Waals surface area (Å²) in [6, 6.07) is 20.5. The molecule has 6 heteroatoms. The lowest BCUT2D eigenvalue weighted by molar-refractivity contribution is -0.143. The number of benzene rings is 3. The van der Waals surface area contributed by atoms with Crippen molar-refractivity contribution in [3.8, 4) is 11.5 Å². The van der Waals surface area contributed by atoms with Crippen LogP contribution < -0.4 is 14.8 Å². The summed E-state index contributed by atoms with van der Waals surface area (Å²) >= 11 is 0. The lowest BCUT2D eigenvalue weighted by Crippen LogP contribution is -2.54. The highest BCUT2D eigenvalue weighted by atomic mass is 16.5. The van der Waals surface area contributed by atoms with E-state index < -0.39 is 11.6 Å². The van der Waals surface area contributed by atoms with Crippen LogP contribution in [0.15, 0.2) is 66.7 Å². The van der Waals surface area contributed by atoms with Crippen LogP contribution in [0.2, 0.25) is 0 Å². The fourth-order valence-electron chi connectivity index (χ4n) is 3.84. The molecular formula is C28H34N2O4.